The zero-order valence-electron chi connectivity index (χ0n) is 18.3. The van der Waals surface area contributed by atoms with Crippen LogP contribution in [0.5, 0.6) is 0 Å². The van der Waals surface area contributed by atoms with Crippen molar-refractivity contribution < 1.29 is 8.42 Å². The van der Waals surface area contributed by atoms with Crippen molar-refractivity contribution in [1.82, 2.24) is 14.9 Å². The van der Waals surface area contributed by atoms with Gasteiger partial charge in [0, 0.05) is 27.2 Å². The molecule has 8 heteroatoms. The summed E-state index contributed by atoms with van der Waals surface area (Å²) in [5.74, 6) is 0.990. The lowest BCUT2D eigenvalue weighted by atomic mass is 9.99. The monoisotopic (exact) mass is 544 g/mol. The smallest absolute Gasteiger partial charge is 0.242 e. The summed E-state index contributed by atoms with van der Waals surface area (Å²) in [5.41, 5.74) is 3.19. The highest BCUT2D eigenvalue weighted by atomic mass is 127. The fraction of sp³-hybridized carbons (Fsp3) is 0.409. The number of hydrogen-bond acceptors (Lipinski definition) is 3. The minimum Gasteiger partial charge on any atom is -0.357 e. The molecule has 2 rings (SSSR count). The lowest BCUT2D eigenvalue weighted by Gasteiger charge is -2.17. The van der Waals surface area contributed by atoms with Crippen molar-refractivity contribution in [3.05, 3.63) is 65.2 Å². The molecular weight excluding hydrogens is 511 g/mol. The molecule has 0 radical (unpaired) electrons. The highest BCUT2D eigenvalue weighted by Crippen LogP contribution is 2.19. The first kappa shape index (κ1) is 26.4. The SMILES string of the molecule is CCNC(=NCc1ccccc1S(=O)(=O)N(C)C)NCC(C)c1cccc(C)c1.I. The Hall–Kier alpha value is -1.65. The molecule has 0 saturated carbocycles. The Morgan fingerprint density at radius 2 is 1.80 bits per heavy atom. The lowest BCUT2D eigenvalue weighted by molar-refractivity contribution is 0.519. The maximum atomic E-state index is 12.6. The number of hydrogen-bond donors (Lipinski definition) is 2. The normalized spacial score (nSPS) is 12.9. The molecule has 1 atom stereocenters. The number of sulfonamides is 1. The van der Waals surface area contributed by atoms with E-state index in [0.717, 1.165) is 13.1 Å². The number of nitrogens with one attached hydrogen (secondary N) is 2. The molecule has 2 aromatic carbocycles. The number of halogens is 1. The van der Waals surface area contributed by atoms with Crippen LogP contribution in [0.2, 0.25) is 0 Å². The first-order chi connectivity index (χ1) is 13.8. The van der Waals surface area contributed by atoms with Gasteiger partial charge >= 0.3 is 0 Å². The third kappa shape index (κ3) is 7.24. The van der Waals surface area contributed by atoms with Gasteiger partial charge in [0.1, 0.15) is 0 Å². The van der Waals surface area contributed by atoms with Crippen molar-refractivity contribution >= 4 is 40.0 Å². The average molecular weight is 545 g/mol. The summed E-state index contributed by atoms with van der Waals surface area (Å²) >= 11 is 0. The Labute approximate surface area is 198 Å². The molecule has 0 aromatic heterocycles. The van der Waals surface area contributed by atoms with Gasteiger partial charge < -0.3 is 10.6 Å². The fourth-order valence-electron chi connectivity index (χ4n) is 2.93. The molecule has 0 saturated heterocycles. The molecule has 0 amide bonds. The summed E-state index contributed by atoms with van der Waals surface area (Å²) in [6, 6.07) is 15.5. The lowest BCUT2D eigenvalue weighted by Crippen LogP contribution is -2.39. The summed E-state index contributed by atoms with van der Waals surface area (Å²) < 4.78 is 26.4. The molecule has 0 spiro atoms. The van der Waals surface area contributed by atoms with Crippen molar-refractivity contribution in [2.45, 2.75) is 38.1 Å². The van der Waals surface area contributed by atoms with E-state index in [1.54, 1.807) is 18.2 Å². The van der Waals surface area contributed by atoms with E-state index in [9.17, 15) is 8.42 Å². The average Bonchev–Trinajstić information content (AvgIpc) is 2.69. The van der Waals surface area contributed by atoms with E-state index in [-0.39, 0.29) is 35.4 Å². The maximum absolute atomic E-state index is 12.6. The molecule has 2 aromatic rings. The quantitative estimate of drug-likeness (QED) is 0.302. The molecule has 0 aliphatic rings. The second-order valence-electron chi connectivity index (χ2n) is 7.29. The van der Waals surface area contributed by atoms with Crippen LogP contribution in [0.1, 0.15) is 36.5 Å². The Bertz CT molecular complexity index is 946. The largest absolute Gasteiger partial charge is 0.357 e. The Morgan fingerprint density at radius 3 is 2.43 bits per heavy atom. The molecular formula is C22H33IN4O2S. The van der Waals surface area contributed by atoms with Gasteiger partial charge in [0.25, 0.3) is 0 Å². The minimum absolute atomic E-state index is 0. The fourth-order valence-corrected chi connectivity index (χ4v) is 4.04. The van der Waals surface area contributed by atoms with E-state index in [0.29, 0.717) is 17.4 Å². The van der Waals surface area contributed by atoms with Crippen LogP contribution in [0.25, 0.3) is 0 Å². The van der Waals surface area contributed by atoms with Crippen LogP contribution in [0.4, 0.5) is 0 Å². The topological polar surface area (TPSA) is 73.8 Å². The number of rotatable bonds is 8. The summed E-state index contributed by atoms with van der Waals surface area (Å²) in [5, 5.41) is 6.60. The second-order valence-corrected chi connectivity index (χ2v) is 9.41. The van der Waals surface area contributed by atoms with E-state index < -0.39 is 10.0 Å². The maximum Gasteiger partial charge on any atom is 0.242 e. The van der Waals surface area contributed by atoms with Gasteiger partial charge in [0.2, 0.25) is 10.0 Å². The zero-order valence-corrected chi connectivity index (χ0v) is 21.5. The molecule has 2 N–H and O–H groups in total. The van der Waals surface area contributed by atoms with Crippen LogP contribution in [0.3, 0.4) is 0 Å². The predicted molar refractivity (Wildman–Crippen MR) is 135 cm³/mol. The highest BCUT2D eigenvalue weighted by molar-refractivity contribution is 14.0. The molecule has 0 aliphatic carbocycles. The highest BCUT2D eigenvalue weighted by Gasteiger charge is 2.20. The van der Waals surface area contributed by atoms with Gasteiger partial charge in [-0.25, -0.2) is 17.7 Å². The van der Waals surface area contributed by atoms with Crippen molar-refractivity contribution in [1.29, 1.82) is 0 Å². The number of aliphatic imine (C=N–C) groups is 1. The van der Waals surface area contributed by atoms with Gasteiger partial charge in [-0.15, -0.1) is 24.0 Å². The molecule has 0 aliphatic heterocycles. The number of aryl methyl sites for hydroxylation is 1. The molecule has 0 fully saturated rings. The summed E-state index contributed by atoms with van der Waals surface area (Å²) in [4.78, 5) is 4.90. The van der Waals surface area contributed by atoms with Crippen molar-refractivity contribution in [2.24, 2.45) is 4.99 Å². The molecule has 166 valence electrons. The number of benzene rings is 2. The summed E-state index contributed by atoms with van der Waals surface area (Å²) in [7, 11) is -0.440. The van der Waals surface area contributed by atoms with Gasteiger partial charge in [-0.1, -0.05) is 55.0 Å². The molecule has 6 nitrogen and oxygen atoms in total. The zero-order chi connectivity index (χ0) is 21.4. The van der Waals surface area contributed by atoms with Crippen molar-refractivity contribution in [3.63, 3.8) is 0 Å². The van der Waals surface area contributed by atoms with Gasteiger partial charge in [-0.2, -0.15) is 0 Å². The Balaban J connectivity index is 0.00000450. The van der Waals surface area contributed by atoms with Crippen molar-refractivity contribution in [3.8, 4) is 0 Å². The third-order valence-electron chi connectivity index (χ3n) is 4.67. The van der Waals surface area contributed by atoms with Gasteiger partial charge in [0.15, 0.2) is 5.96 Å². The van der Waals surface area contributed by atoms with Crippen LogP contribution in [-0.4, -0.2) is 45.9 Å². The van der Waals surface area contributed by atoms with Crippen molar-refractivity contribution in [2.75, 3.05) is 27.2 Å². The van der Waals surface area contributed by atoms with Gasteiger partial charge in [-0.3, -0.25) is 0 Å². The molecule has 0 bridgehead atoms. The first-order valence-corrected chi connectivity index (χ1v) is 11.3. The number of nitrogens with zero attached hydrogens (tertiary/aromatic N) is 2. The summed E-state index contributed by atoms with van der Waals surface area (Å²) in [6.07, 6.45) is 0. The van der Waals surface area contributed by atoms with Crippen LogP contribution in [-0.2, 0) is 16.6 Å². The van der Waals surface area contributed by atoms with Crippen LogP contribution in [0.15, 0.2) is 58.4 Å². The Morgan fingerprint density at radius 1 is 1.10 bits per heavy atom. The van der Waals surface area contributed by atoms with E-state index in [1.165, 1.54) is 29.5 Å². The first-order valence-electron chi connectivity index (χ1n) is 9.85. The van der Waals surface area contributed by atoms with Crippen LogP contribution >= 0.6 is 24.0 Å². The molecule has 1 unspecified atom stereocenters. The number of guanidine groups is 1. The van der Waals surface area contributed by atoms with E-state index in [4.69, 9.17) is 0 Å². The van der Waals surface area contributed by atoms with E-state index in [2.05, 4.69) is 53.7 Å². The second kappa shape index (κ2) is 12.3. The standard InChI is InChI=1S/C22H32N4O2S.HI/c1-6-23-22(24-15-18(3)19-12-9-10-17(2)14-19)25-16-20-11-7-8-13-21(20)29(27,28)26(4)5;/h7-14,18H,6,15-16H2,1-5H3,(H2,23,24,25);1H. The van der Waals surface area contributed by atoms with E-state index >= 15 is 0 Å². The predicted octanol–water partition coefficient (Wildman–Crippen LogP) is 3.72. The van der Waals surface area contributed by atoms with E-state index in [1.807, 2.05) is 13.0 Å². The van der Waals surface area contributed by atoms with Gasteiger partial charge in [0.05, 0.1) is 11.4 Å². The summed E-state index contributed by atoms with van der Waals surface area (Å²) in [6.45, 7) is 8.00. The molecule has 30 heavy (non-hydrogen) atoms. The van der Waals surface area contributed by atoms with Crippen LogP contribution < -0.4 is 10.6 Å². The third-order valence-corrected chi connectivity index (χ3v) is 6.59. The Kier molecular flexibility index (Phi) is 10.8. The van der Waals surface area contributed by atoms with Gasteiger partial charge in [-0.05, 0) is 37.0 Å². The van der Waals surface area contributed by atoms with Crippen LogP contribution in [0, 0.1) is 6.92 Å². The molecule has 0 heterocycles. The minimum atomic E-state index is -3.51.